The van der Waals surface area contributed by atoms with Crippen LogP contribution in [0.4, 0.5) is 0 Å². The molecule has 0 aromatic carbocycles. The van der Waals surface area contributed by atoms with E-state index < -0.39 is 0 Å². The smallest absolute Gasteiger partial charge is 0.273 e. The van der Waals surface area contributed by atoms with Crippen molar-refractivity contribution >= 4 is 5.91 Å². The number of carbonyl (C=O) groups excluding carboxylic acids is 1. The maximum absolute atomic E-state index is 10.3. The molecule has 1 amide bonds. The maximum atomic E-state index is 10.3. The molecule has 0 aliphatic carbocycles. The van der Waals surface area contributed by atoms with E-state index in [0.29, 0.717) is 5.06 Å². The van der Waals surface area contributed by atoms with E-state index in [1.165, 1.54) is 12.3 Å². The van der Waals surface area contributed by atoms with Crippen molar-refractivity contribution in [1.82, 2.24) is 10.4 Å². The van der Waals surface area contributed by atoms with Gasteiger partial charge in [0.15, 0.2) is 0 Å². The van der Waals surface area contributed by atoms with Gasteiger partial charge in [-0.15, -0.1) is 0 Å². The molecule has 44 valence electrons. The van der Waals surface area contributed by atoms with Crippen LogP contribution in [-0.2, 0) is 4.79 Å². The average Bonchev–Trinajstić information content (AvgIpc) is 1.77. The highest BCUT2D eigenvalue weighted by molar-refractivity contribution is 5.87. The summed E-state index contributed by atoms with van der Waals surface area (Å²) in [6.07, 6.45) is 2.75. The highest BCUT2D eigenvalue weighted by Gasteiger charge is 2.07. The molecule has 1 rings (SSSR count). The molecule has 0 atom stereocenters. The lowest BCUT2D eigenvalue weighted by molar-refractivity contribution is -0.161. The van der Waals surface area contributed by atoms with Gasteiger partial charge in [-0.2, -0.15) is 0 Å². The summed E-state index contributed by atoms with van der Waals surface area (Å²) in [6, 6.07) is 0. The third-order valence-corrected chi connectivity index (χ3v) is 0.839. The minimum absolute atomic E-state index is 0.176. The Kier molecular flexibility index (Phi) is 1.17. The first kappa shape index (κ1) is 5.11. The molecule has 4 nitrogen and oxygen atoms in total. The minimum Gasteiger partial charge on any atom is -0.372 e. The Morgan fingerprint density at radius 1 is 1.88 bits per heavy atom. The van der Waals surface area contributed by atoms with Crippen LogP contribution in [0.5, 0.6) is 0 Å². The fraction of sp³-hybridized carbons (Fsp3) is 0.250. The lowest BCUT2D eigenvalue weighted by Gasteiger charge is -2.15. The topological polar surface area (TPSA) is 52.6 Å². The first-order valence-corrected chi connectivity index (χ1v) is 2.21. The molecule has 0 aromatic heterocycles. The summed E-state index contributed by atoms with van der Waals surface area (Å²) in [5, 5.41) is 11.8. The largest absolute Gasteiger partial charge is 0.372 e. The molecule has 0 fully saturated rings. The Balaban J connectivity index is 2.60. The molecule has 8 heavy (non-hydrogen) atoms. The molecular weight excluding hydrogens is 108 g/mol. The van der Waals surface area contributed by atoms with Crippen LogP contribution in [-0.4, -0.2) is 22.8 Å². The van der Waals surface area contributed by atoms with Crippen LogP contribution >= 0.6 is 0 Å². The minimum atomic E-state index is -0.385. The fourth-order valence-electron chi connectivity index (χ4n) is 0.433. The average molecular weight is 114 g/mol. The van der Waals surface area contributed by atoms with Gasteiger partial charge in [0.2, 0.25) is 0 Å². The normalized spacial score (nSPS) is 18.6. The van der Waals surface area contributed by atoms with E-state index in [1.807, 2.05) is 0 Å². The highest BCUT2D eigenvalue weighted by Crippen LogP contribution is 1.87. The molecule has 1 aliphatic heterocycles. The first-order chi connectivity index (χ1) is 3.80. The highest BCUT2D eigenvalue weighted by atomic mass is 16.5. The van der Waals surface area contributed by atoms with Gasteiger partial charge >= 0.3 is 0 Å². The van der Waals surface area contributed by atoms with Crippen LogP contribution in [0.15, 0.2) is 12.3 Å². The van der Waals surface area contributed by atoms with Gasteiger partial charge in [-0.05, 0) is 0 Å². The molecule has 0 saturated heterocycles. The third-order valence-electron chi connectivity index (χ3n) is 0.839. The van der Waals surface area contributed by atoms with E-state index in [-0.39, 0.29) is 12.6 Å². The summed E-state index contributed by atoms with van der Waals surface area (Å²) >= 11 is 0. The standard InChI is InChI=1S/C4H6N2O2/c7-4-1-2-5-3-6(4)8/h1-2,5,8H,3H2. The van der Waals surface area contributed by atoms with Crippen molar-refractivity contribution in [2.75, 3.05) is 6.67 Å². The van der Waals surface area contributed by atoms with Crippen molar-refractivity contribution < 1.29 is 10.0 Å². The number of rotatable bonds is 0. The molecule has 0 bridgehead atoms. The fourth-order valence-corrected chi connectivity index (χ4v) is 0.433. The summed E-state index contributed by atoms with van der Waals surface area (Å²) in [5.74, 6) is -0.385. The Labute approximate surface area is 46.4 Å². The quantitative estimate of drug-likeness (QED) is 0.408. The molecular formula is C4H6N2O2. The third kappa shape index (κ3) is 0.788. The number of carbonyl (C=O) groups is 1. The molecule has 2 N–H and O–H groups in total. The van der Waals surface area contributed by atoms with Gasteiger partial charge in [0.25, 0.3) is 5.91 Å². The van der Waals surface area contributed by atoms with Crippen molar-refractivity contribution in [2.45, 2.75) is 0 Å². The van der Waals surface area contributed by atoms with Crippen LogP contribution in [0.2, 0.25) is 0 Å². The Morgan fingerprint density at radius 3 is 3.00 bits per heavy atom. The van der Waals surface area contributed by atoms with Crippen molar-refractivity contribution in [3.8, 4) is 0 Å². The summed E-state index contributed by atoms with van der Waals surface area (Å²) in [4.78, 5) is 10.3. The second-order valence-corrected chi connectivity index (χ2v) is 1.43. The second kappa shape index (κ2) is 1.83. The van der Waals surface area contributed by atoms with Crippen molar-refractivity contribution in [3.05, 3.63) is 12.3 Å². The van der Waals surface area contributed by atoms with Crippen LogP contribution in [0.25, 0.3) is 0 Å². The van der Waals surface area contributed by atoms with Crippen molar-refractivity contribution in [1.29, 1.82) is 0 Å². The molecule has 4 heteroatoms. The van der Waals surface area contributed by atoms with Gasteiger partial charge in [0.1, 0.15) is 6.67 Å². The molecule has 1 aliphatic rings. The van der Waals surface area contributed by atoms with Crippen LogP contribution < -0.4 is 5.32 Å². The Morgan fingerprint density at radius 2 is 2.62 bits per heavy atom. The maximum Gasteiger partial charge on any atom is 0.273 e. The predicted octanol–water partition coefficient (Wildman–Crippen LogP) is -0.721. The van der Waals surface area contributed by atoms with Crippen LogP contribution in [0, 0.1) is 0 Å². The lowest BCUT2D eigenvalue weighted by atomic mass is 10.5. The molecule has 1 heterocycles. The zero-order valence-corrected chi connectivity index (χ0v) is 4.16. The van der Waals surface area contributed by atoms with Gasteiger partial charge in [-0.25, -0.2) is 5.06 Å². The zero-order chi connectivity index (χ0) is 5.98. The summed E-state index contributed by atoms with van der Waals surface area (Å²) in [7, 11) is 0. The molecule has 0 unspecified atom stereocenters. The second-order valence-electron chi connectivity index (χ2n) is 1.43. The summed E-state index contributed by atoms with van der Waals surface area (Å²) in [5.41, 5.74) is 0. The molecule has 0 spiro atoms. The number of hydrogen-bond acceptors (Lipinski definition) is 3. The molecule has 0 aromatic rings. The number of nitrogens with zero attached hydrogens (tertiary/aromatic N) is 1. The van der Waals surface area contributed by atoms with E-state index >= 15 is 0 Å². The molecule has 0 saturated carbocycles. The lowest BCUT2D eigenvalue weighted by Crippen LogP contribution is -2.36. The van der Waals surface area contributed by atoms with Gasteiger partial charge in [0, 0.05) is 12.3 Å². The Bertz CT molecular complexity index is 132. The van der Waals surface area contributed by atoms with Crippen molar-refractivity contribution in [3.63, 3.8) is 0 Å². The SMILES string of the molecule is O=C1C=CNCN1O. The van der Waals surface area contributed by atoms with Gasteiger partial charge in [-0.1, -0.05) is 0 Å². The van der Waals surface area contributed by atoms with Crippen LogP contribution in [0.1, 0.15) is 0 Å². The predicted molar refractivity (Wildman–Crippen MR) is 25.8 cm³/mol. The van der Waals surface area contributed by atoms with E-state index in [1.54, 1.807) is 0 Å². The Hall–Kier alpha value is -1.03. The van der Waals surface area contributed by atoms with Crippen molar-refractivity contribution in [2.24, 2.45) is 0 Å². The van der Waals surface area contributed by atoms with Gasteiger partial charge < -0.3 is 5.32 Å². The van der Waals surface area contributed by atoms with E-state index in [4.69, 9.17) is 5.21 Å². The summed E-state index contributed by atoms with van der Waals surface area (Å²) in [6.45, 7) is 0.176. The molecule has 0 radical (unpaired) electrons. The summed E-state index contributed by atoms with van der Waals surface area (Å²) < 4.78 is 0. The zero-order valence-electron chi connectivity index (χ0n) is 4.16. The number of hydrogen-bond donors (Lipinski definition) is 2. The number of nitrogens with one attached hydrogen (secondary N) is 1. The van der Waals surface area contributed by atoms with E-state index in [0.717, 1.165) is 0 Å². The van der Waals surface area contributed by atoms with E-state index in [9.17, 15) is 4.79 Å². The van der Waals surface area contributed by atoms with Gasteiger partial charge in [-0.3, -0.25) is 10.0 Å². The number of amides is 1. The van der Waals surface area contributed by atoms with Crippen LogP contribution in [0.3, 0.4) is 0 Å². The van der Waals surface area contributed by atoms with E-state index in [2.05, 4.69) is 5.32 Å². The number of hydroxylamine groups is 2. The first-order valence-electron chi connectivity index (χ1n) is 2.21. The van der Waals surface area contributed by atoms with Gasteiger partial charge in [0.05, 0.1) is 0 Å². The monoisotopic (exact) mass is 114 g/mol.